The van der Waals surface area contributed by atoms with Crippen LogP contribution in [0.25, 0.3) is 0 Å². The molecular weight excluding hydrogens is 424 g/mol. The first-order valence-corrected chi connectivity index (χ1v) is 13.5. The zero-order chi connectivity index (χ0) is 25.7. The summed E-state index contributed by atoms with van der Waals surface area (Å²) in [6, 6.07) is 0. The summed E-state index contributed by atoms with van der Waals surface area (Å²) in [5, 5.41) is 31.4. The van der Waals surface area contributed by atoms with Crippen LogP contribution in [0.3, 0.4) is 0 Å². The molecule has 4 nitrogen and oxygen atoms in total. The third-order valence-corrected chi connectivity index (χ3v) is 11.4. The first-order chi connectivity index (χ1) is 15.6. The van der Waals surface area contributed by atoms with Crippen LogP contribution in [0.1, 0.15) is 106 Å². The minimum atomic E-state index is -0.802. The molecule has 3 fully saturated rings. The summed E-state index contributed by atoms with van der Waals surface area (Å²) in [5.74, 6) is 0.814. The topological polar surface area (TPSA) is 77.8 Å². The molecule has 0 heterocycles. The fraction of sp³-hybridized carbons (Fsp3) is 0.833. The van der Waals surface area contributed by atoms with E-state index in [1.165, 1.54) is 5.57 Å². The Labute approximate surface area is 207 Å². The third kappa shape index (κ3) is 4.43. The van der Waals surface area contributed by atoms with Crippen LogP contribution in [0.2, 0.25) is 0 Å². The van der Waals surface area contributed by atoms with E-state index in [9.17, 15) is 20.1 Å². The Morgan fingerprint density at radius 2 is 1.68 bits per heavy atom. The van der Waals surface area contributed by atoms with Crippen molar-refractivity contribution in [3.8, 4) is 0 Å². The Morgan fingerprint density at radius 3 is 2.24 bits per heavy atom. The van der Waals surface area contributed by atoms with Gasteiger partial charge in [0.1, 0.15) is 0 Å². The van der Waals surface area contributed by atoms with E-state index < -0.39 is 17.7 Å². The van der Waals surface area contributed by atoms with Crippen molar-refractivity contribution in [2.24, 2.45) is 39.9 Å². The minimum absolute atomic E-state index is 0.0581. The van der Waals surface area contributed by atoms with E-state index in [0.717, 1.165) is 44.1 Å². The molecule has 9 unspecified atom stereocenters. The number of fused-ring (bicyclic) bond motifs is 3. The number of carboxylic acid groups (broad SMARTS) is 1. The molecule has 0 spiro atoms. The predicted octanol–water partition coefficient (Wildman–Crippen LogP) is 6.76. The molecule has 3 saturated carbocycles. The van der Waals surface area contributed by atoms with Crippen LogP contribution in [0.15, 0.2) is 24.3 Å². The van der Waals surface area contributed by atoms with Crippen molar-refractivity contribution in [2.75, 3.05) is 0 Å². The van der Waals surface area contributed by atoms with Gasteiger partial charge in [-0.15, -0.1) is 0 Å². The molecule has 0 aromatic carbocycles. The van der Waals surface area contributed by atoms with Gasteiger partial charge in [0.05, 0.1) is 11.7 Å². The van der Waals surface area contributed by atoms with Crippen LogP contribution in [-0.4, -0.2) is 33.0 Å². The summed E-state index contributed by atoms with van der Waals surface area (Å²) < 4.78 is 0. The summed E-state index contributed by atoms with van der Waals surface area (Å²) in [6.07, 6.45) is 8.06. The smallest absolute Gasteiger partial charge is 0.303 e. The highest BCUT2D eigenvalue weighted by molar-refractivity contribution is 5.66. The summed E-state index contributed by atoms with van der Waals surface area (Å²) in [7, 11) is 0. The molecule has 0 saturated heterocycles. The molecule has 3 N–H and O–H groups in total. The van der Waals surface area contributed by atoms with E-state index in [1.807, 2.05) is 13.8 Å². The first kappa shape index (κ1) is 27.5. The lowest BCUT2D eigenvalue weighted by Crippen LogP contribution is -2.60. The number of carboxylic acids is 1. The normalized spacial score (nSPS) is 42.2. The molecule has 0 aromatic heterocycles. The van der Waals surface area contributed by atoms with Crippen molar-refractivity contribution in [3.05, 3.63) is 24.3 Å². The lowest BCUT2D eigenvalue weighted by atomic mass is 9.38. The summed E-state index contributed by atoms with van der Waals surface area (Å²) >= 11 is 0. The molecule has 0 radical (unpaired) electrons. The van der Waals surface area contributed by atoms with Gasteiger partial charge in [-0.2, -0.15) is 0 Å². The first-order valence-electron chi connectivity index (χ1n) is 13.5. The number of aliphatic hydroxyl groups is 2. The summed E-state index contributed by atoms with van der Waals surface area (Å²) in [4.78, 5) is 11.6. The van der Waals surface area contributed by atoms with E-state index >= 15 is 0 Å². The van der Waals surface area contributed by atoms with Crippen molar-refractivity contribution in [3.63, 3.8) is 0 Å². The zero-order valence-corrected chi connectivity index (χ0v) is 22.6. The molecule has 9 atom stereocenters. The number of hydrogen-bond acceptors (Lipinski definition) is 3. The highest BCUT2D eigenvalue weighted by atomic mass is 16.4. The summed E-state index contributed by atoms with van der Waals surface area (Å²) in [5.41, 5.74) is 1.35. The van der Waals surface area contributed by atoms with Gasteiger partial charge in [0, 0.05) is 6.42 Å². The maximum absolute atomic E-state index is 11.6. The van der Waals surface area contributed by atoms with Crippen LogP contribution in [0.4, 0.5) is 0 Å². The molecule has 34 heavy (non-hydrogen) atoms. The number of hydrogen-bond donors (Lipinski definition) is 3. The van der Waals surface area contributed by atoms with Gasteiger partial charge in [-0.05, 0) is 118 Å². The Morgan fingerprint density at radius 1 is 1.06 bits per heavy atom. The quantitative estimate of drug-likeness (QED) is 0.323. The van der Waals surface area contributed by atoms with Crippen LogP contribution in [-0.2, 0) is 4.79 Å². The fourth-order valence-corrected chi connectivity index (χ4v) is 9.25. The maximum Gasteiger partial charge on any atom is 0.303 e. The summed E-state index contributed by atoms with van der Waals surface area (Å²) in [6.45, 7) is 21.5. The monoisotopic (exact) mass is 474 g/mol. The van der Waals surface area contributed by atoms with E-state index in [0.29, 0.717) is 37.0 Å². The van der Waals surface area contributed by atoms with Crippen molar-refractivity contribution in [2.45, 2.75) is 117 Å². The molecule has 194 valence electrons. The van der Waals surface area contributed by atoms with Gasteiger partial charge in [-0.25, -0.2) is 0 Å². The Bertz CT molecular complexity index is 815. The third-order valence-electron chi connectivity index (χ3n) is 11.4. The zero-order valence-electron chi connectivity index (χ0n) is 22.6. The second-order valence-electron chi connectivity index (χ2n) is 13.3. The molecule has 0 aromatic rings. The van der Waals surface area contributed by atoms with Gasteiger partial charge in [-0.1, -0.05) is 45.1 Å². The number of rotatable bonds is 9. The van der Waals surface area contributed by atoms with Crippen LogP contribution >= 0.6 is 0 Å². The molecule has 3 rings (SSSR count). The molecule has 0 amide bonds. The molecule has 0 bridgehead atoms. The number of carbonyl (C=O) groups is 1. The largest absolute Gasteiger partial charge is 0.481 e. The van der Waals surface area contributed by atoms with Gasteiger partial charge in [0.15, 0.2) is 0 Å². The van der Waals surface area contributed by atoms with E-state index in [2.05, 4.69) is 40.9 Å². The van der Waals surface area contributed by atoms with Gasteiger partial charge < -0.3 is 15.3 Å². The molecule has 0 aliphatic heterocycles. The van der Waals surface area contributed by atoms with Gasteiger partial charge in [-0.3, -0.25) is 4.79 Å². The van der Waals surface area contributed by atoms with Crippen molar-refractivity contribution >= 4 is 5.97 Å². The van der Waals surface area contributed by atoms with Gasteiger partial charge in [0.2, 0.25) is 0 Å². The highest BCUT2D eigenvalue weighted by Gasteiger charge is 2.67. The van der Waals surface area contributed by atoms with Crippen LogP contribution in [0, 0.1) is 39.9 Å². The highest BCUT2D eigenvalue weighted by Crippen LogP contribution is 2.74. The van der Waals surface area contributed by atoms with E-state index in [1.54, 1.807) is 0 Å². The van der Waals surface area contributed by atoms with E-state index in [4.69, 9.17) is 0 Å². The fourth-order valence-electron chi connectivity index (χ4n) is 9.25. The van der Waals surface area contributed by atoms with Crippen molar-refractivity contribution in [1.29, 1.82) is 0 Å². The molecule has 4 heteroatoms. The Kier molecular flexibility index (Phi) is 7.58. The lowest BCUT2D eigenvalue weighted by molar-refractivity contribution is -0.179. The lowest BCUT2D eigenvalue weighted by Gasteiger charge is -2.66. The SMILES string of the molecule is C=C(C)C(O)CCC(C)(O)C1CCC2(C)C1CCC1C(C)(CCC(=O)O)C(C(=C)C)CCC12C. The Hall–Kier alpha value is -1.13. The average molecular weight is 475 g/mol. The number of allylic oxidation sites excluding steroid dienone is 1. The molecule has 3 aliphatic rings. The number of aliphatic hydroxyl groups excluding tert-OH is 1. The standard InChI is InChI=1S/C30H50O4/c1-19(2)21-11-17-29(7)25(27(21,5)15-14-26(32)33)10-9-22-23(12-16-28(22,29)6)30(8,34)18-13-24(31)20(3)4/h21-25,31,34H,1,3,9-18H2,2,4-8H3,(H,32,33). The van der Waals surface area contributed by atoms with E-state index in [-0.39, 0.29) is 28.6 Å². The minimum Gasteiger partial charge on any atom is -0.481 e. The Balaban J connectivity index is 1.90. The van der Waals surface area contributed by atoms with Gasteiger partial charge >= 0.3 is 5.97 Å². The van der Waals surface area contributed by atoms with Crippen molar-refractivity contribution in [1.82, 2.24) is 0 Å². The average Bonchev–Trinajstić information content (AvgIpc) is 3.10. The predicted molar refractivity (Wildman–Crippen MR) is 138 cm³/mol. The molecular formula is C30H50O4. The van der Waals surface area contributed by atoms with Gasteiger partial charge in [0.25, 0.3) is 0 Å². The van der Waals surface area contributed by atoms with Crippen LogP contribution in [0.5, 0.6) is 0 Å². The van der Waals surface area contributed by atoms with Crippen molar-refractivity contribution < 1.29 is 20.1 Å². The van der Waals surface area contributed by atoms with Crippen LogP contribution < -0.4 is 0 Å². The molecule has 3 aliphatic carbocycles. The second kappa shape index (κ2) is 9.39. The number of aliphatic carboxylic acids is 1. The second-order valence-corrected chi connectivity index (χ2v) is 13.3. The maximum atomic E-state index is 11.6.